The van der Waals surface area contributed by atoms with Gasteiger partial charge in [0.15, 0.2) is 5.16 Å². The molecular weight excluding hydrogens is 402 g/mol. The second kappa shape index (κ2) is 8.99. The number of benzene rings is 3. The summed E-state index contributed by atoms with van der Waals surface area (Å²) in [6.45, 7) is 0. The first kappa shape index (κ1) is 19.3. The van der Waals surface area contributed by atoms with E-state index in [-0.39, 0.29) is 11.7 Å². The largest absolute Gasteiger partial charge is 0.325 e. The number of anilines is 1. The molecule has 3 aromatic carbocycles. The lowest BCUT2D eigenvalue weighted by atomic mass is 10.2. The fourth-order valence-electron chi connectivity index (χ4n) is 2.85. The zero-order valence-electron chi connectivity index (χ0n) is 15.5. The molecule has 0 radical (unpaired) electrons. The van der Waals surface area contributed by atoms with E-state index in [0.29, 0.717) is 5.02 Å². The number of halogens is 1. The maximum absolute atomic E-state index is 12.4. The Hall–Kier alpha value is -3.02. The van der Waals surface area contributed by atoms with Crippen LogP contribution in [0.25, 0.3) is 16.9 Å². The average Bonchev–Trinajstić information content (AvgIpc) is 3.20. The number of hydrogen-bond acceptors (Lipinski definition) is 3. The van der Waals surface area contributed by atoms with Crippen LogP contribution in [0.1, 0.15) is 0 Å². The van der Waals surface area contributed by atoms with E-state index in [9.17, 15) is 4.79 Å². The third kappa shape index (κ3) is 4.88. The van der Waals surface area contributed by atoms with Gasteiger partial charge in [-0.1, -0.05) is 71.9 Å². The minimum atomic E-state index is -0.0961. The first-order chi connectivity index (χ1) is 14.2. The molecule has 0 saturated carbocycles. The normalized spacial score (nSPS) is 10.7. The molecule has 1 N–H and O–H groups in total. The first-order valence-electron chi connectivity index (χ1n) is 9.07. The van der Waals surface area contributed by atoms with Crippen LogP contribution < -0.4 is 5.32 Å². The lowest BCUT2D eigenvalue weighted by Crippen LogP contribution is -2.14. The van der Waals surface area contributed by atoms with Crippen LogP contribution in [0.3, 0.4) is 0 Å². The van der Waals surface area contributed by atoms with Gasteiger partial charge in [0.2, 0.25) is 5.91 Å². The average molecular weight is 420 g/mol. The summed E-state index contributed by atoms with van der Waals surface area (Å²) in [5, 5.41) is 4.28. The Balaban J connectivity index is 1.54. The number of para-hydroxylation sites is 1. The molecule has 0 aliphatic rings. The number of carbonyl (C=O) groups excluding carboxylic acids is 1. The van der Waals surface area contributed by atoms with Crippen molar-refractivity contribution in [3.63, 3.8) is 0 Å². The molecule has 0 atom stereocenters. The Morgan fingerprint density at radius 3 is 2.28 bits per heavy atom. The predicted octanol–water partition coefficient (Wildman–Crippen LogP) is 5.92. The number of amides is 1. The molecule has 0 bridgehead atoms. The molecule has 4 rings (SSSR count). The quantitative estimate of drug-likeness (QED) is 0.394. The molecule has 6 heteroatoms. The van der Waals surface area contributed by atoms with Gasteiger partial charge in [0, 0.05) is 28.2 Å². The Labute approximate surface area is 178 Å². The molecule has 144 valence electrons. The highest BCUT2D eigenvalue weighted by Crippen LogP contribution is 2.27. The molecule has 0 fully saturated rings. The highest BCUT2D eigenvalue weighted by Gasteiger charge is 2.13. The molecule has 0 aliphatic carbocycles. The summed E-state index contributed by atoms with van der Waals surface area (Å²) < 4.78 is 2.02. The minimum Gasteiger partial charge on any atom is -0.325 e. The third-order valence-corrected chi connectivity index (χ3v) is 5.44. The van der Waals surface area contributed by atoms with Gasteiger partial charge in [-0.25, -0.2) is 4.98 Å². The van der Waals surface area contributed by atoms with Crippen molar-refractivity contribution in [2.75, 3.05) is 11.1 Å². The molecule has 4 aromatic rings. The molecule has 1 aromatic heterocycles. The summed E-state index contributed by atoms with van der Waals surface area (Å²) in [5.41, 5.74) is 3.63. The summed E-state index contributed by atoms with van der Waals surface area (Å²) in [5.74, 6) is 0.155. The van der Waals surface area contributed by atoms with Gasteiger partial charge in [-0.3, -0.25) is 9.36 Å². The van der Waals surface area contributed by atoms with Gasteiger partial charge < -0.3 is 5.32 Å². The topological polar surface area (TPSA) is 46.9 Å². The van der Waals surface area contributed by atoms with Crippen molar-refractivity contribution in [3.05, 3.63) is 96.1 Å². The van der Waals surface area contributed by atoms with Gasteiger partial charge in [0.05, 0.1) is 11.4 Å². The summed E-state index contributed by atoms with van der Waals surface area (Å²) >= 11 is 7.29. The molecule has 1 heterocycles. The van der Waals surface area contributed by atoms with Crippen LogP contribution in [0.15, 0.2) is 96.3 Å². The standard InChI is InChI=1S/C23H18ClN3OS/c24-18-11-13-19(14-12-18)25-22(28)16-29-23-26-21(17-7-3-1-4-8-17)15-27(23)20-9-5-2-6-10-20/h1-15H,16H2,(H,25,28). The lowest BCUT2D eigenvalue weighted by molar-refractivity contribution is -0.113. The Kier molecular flexibility index (Phi) is 5.98. The first-order valence-corrected chi connectivity index (χ1v) is 10.4. The molecular formula is C23H18ClN3OS. The van der Waals surface area contributed by atoms with Crippen molar-refractivity contribution < 1.29 is 4.79 Å². The van der Waals surface area contributed by atoms with E-state index >= 15 is 0 Å². The molecule has 29 heavy (non-hydrogen) atoms. The van der Waals surface area contributed by atoms with E-state index in [2.05, 4.69) is 5.32 Å². The predicted molar refractivity (Wildman–Crippen MR) is 120 cm³/mol. The summed E-state index contributed by atoms with van der Waals surface area (Å²) in [4.78, 5) is 17.2. The van der Waals surface area contributed by atoms with Crippen LogP contribution in [-0.2, 0) is 4.79 Å². The van der Waals surface area contributed by atoms with Crippen LogP contribution >= 0.6 is 23.4 Å². The smallest absolute Gasteiger partial charge is 0.234 e. The van der Waals surface area contributed by atoms with E-state index in [4.69, 9.17) is 16.6 Å². The minimum absolute atomic E-state index is 0.0961. The molecule has 0 aliphatic heterocycles. The van der Waals surface area contributed by atoms with E-state index in [0.717, 1.165) is 27.8 Å². The van der Waals surface area contributed by atoms with Crippen molar-refractivity contribution in [1.29, 1.82) is 0 Å². The number of thioether (sulfide) groups is 1. The van der Waals surface area contributed by atoms with Crippen LogP contribution in [0.4, 0.5) is 5.69 Å². The monoisotopic (exact) mass is 419 g/mol. The number of carbonyl (C=O) groups is 1. The van der Waals surface area contributed by atoms with Gasteiger partial charge in [0.25, 0.3) is 0 Å². The van der Waals surface area contributed by atoms with Crippen molar-refractivity contribution in [2.45, 2.75) is 5.16 Å². The summed E-state index contributed by atoms with van der Waals surface area (Å²) in [7, 11) is 0. The van der Waals surface area contributed by atoms with Gasteiger partial charge in [0.1, 0.15) is 0 Å². The second-order valence-electron chi connectivity index (χ2n) is 6.32. The van der Waals surface area contributed by atoms with Gasteiger partial charge >= 0.3 is 0 Å². The number of rotatable bonds is 6. The maximum Gasteiger partial charge on any atom is 0.234 e. The van der Waals surface area contributed by atoms with Crippen LogP contribution in [-0.4, -0.2) is 21.2 Å². The van der Waals surface area contributed by atoms with Crippen LogP contribution in [0.2, 0.25) is 5.02 Å². The van der Waals surface area contributed by atoms with Gasteiger partial charge in [-0.05, 0) is 36.4 Å². The highest BCUT2D eigenvalue weighted by atomic mass is 35.5. The summed E-state index contributed by atoms with van der Waals surface area (Å²) in [6, 6.07) is 27.1. The number of imidazole rings is 1. The number of nitrogens with one attached hydrogen (secondary N) is 1. The van der Waals surface area contributed by atoms with Crippen molar-refractivity contribution in [2.24, 2.45) is 0 Å². The molecule has 0 spiro atoms. The van der Waals surface area contributed by atoms with Gasteiger partial charge in [-0.2, -0.15) is 0 Å². The van der Waals surface area contributed by atoms with Crippen LogP contribution in [0, 0.1) is 0 Å². The zero-order valence-corrected chi connectivity index (χ0v) is 17.0. The second-order valence-corrected chi connectivity index (χ2v) is 7.70. The maximum atomic E-state index is 12.4. The Morgan fingerprint density at radius 1 is 0.931 bits per heavy atom. The number of hydrogen-bond donors (Lipinski definition) is 1. The van der Waals surface area contributed by atoms with Crippen molar-refractivity contribution >= 4 is 35.0 Å². The molecule has 4 nitrogen and oxygen atoms in total. The molecule has 0 unspecified atom stereocenters. The van der Waals surface area contributed by atoms with Crippen molar-refractivity contribution in [3.8, 4) is 16.9 Å². The van der Waals surface area contributed by atoms with E-state index in [1.165, 1.54) is 11.8 Å². The molecule has 1 amide bonds. The van der Waals surface area contributed by atoms with Crippen molar-refractivity contribution in [1.82, 2.24) is 9.55 Å². The van der Waals surface area contributed by atoms with E-state index in [1.807, 2.05) is 71.4 Å². The fraction of sp³-hybridized carbons (Fsp3) is 0.0435. The van der Waals surface area contributed by atoms with E-state index in [1.54, 1.807) is 24.3 Å². The Bertz CT molecular complexity index is 1100. The van der Waals surface area contributed by atoms with Crippen LogP contribution in [0.5, 0.6) is 0 Å². The Morgan fingerprint density at radius 2 is 1.59 bits per heavy atom. The third-order valence-electron chi connectivity index (χ3n) is 4.24. The van der Waals surface area contributed by atoms with Gasteiger partial charge in [-0.15, -0.1) is 0 Å². The SMILES string of the molecule is O=C(CSc1nc(-c2ccccc2)cn1-c1ccccc1)Nc1ccc(Cl)cc1. The molecule has 0 saturated heterocycles. The lowest BCUT2D eigenvalue weighted by Gasteiger charge is -2.08. The zero-order chi connectivity index (χ0) is 20.1. The summed E-state index contributed by atoms with van der Waals surface area (Å²) in [6.07, 6.45) is 2.00. The number of nitrogens with zero attached hydrogens (tertiary/aromatic N) is 2. The number of aromatic nitrogens is 2. The fourth-order valence-corrected chi connectivity index (χ4v) is 3.77. The highest BCUT2D eigenvalue weighted by molar-refractivity contribution is 7.99. The van der Waals surface area contributed by atoms with E-state index < -0.39 is 0 Å².